The predicted octanol–water partition coefficient (Wildman–Crippen LogP) is 3.46. The van der Waals surface area contributed by atoms with Crippen LogP contribution in [-0.2, 0) is 11.3 Å². The lowest BCUT2D eigenvalue weighted by molar-refractivity contribution is -0.114. The second-order valence-corrected chi connectivity index (χ2v) is 6.58. The normalized spacial score (nSPS) is 10.2. The van der Waals surface area contributed by atoms with Crippen molar-refractivity contribution >= 4 is 23.2 Å². The van der Waals surface area contributed by atoms with E-state index in [2.05, 4.69) is 20.9 Å². The molecule has 0 bridgehead atoms. The number of nitrogens with zero attached hydrogens (tertiary/aromatic N) is 1. The van der Waals surface area contributed by atoms with Gasteiger partial charge in [-0.05, 0) is 29.8 Å². The van der Waals surface area contributed by atoms with Crippen LogP contribution in [0.3, 0.4) is 0 Å². The molecule has 7 nitrogen and oxygen atoms in total. The highest BCUT2D eigenvalue weighted by atomic mass is 16.5. The molecule has 30 heavy (non-hydrogen) atoms. The first-order valence-corrected chi connectivity index (χ1v) is 9.62. The summed E-state index contributed by atoms with van der Waals surface area (Å²) in [6.07, 6.45) is 1.59. The van der Waals surface area contributed by atoms with E-state index in [0.29, 0.717) is 36.8 Å². The first-order valence-electron chi connectivity index (χ1n) is 9.62. The summed E-state index contributed by atoms with van der Waals surface area (Å²) in [5.74, 6) is 0.308. The van der Waals surface area contributed by atoms with Crippen LogP contribution in [0.25, 0.3) is 0 Å². The number of amides is 2. The van der Waals surface area contributed by atoms with Gasteiger partial charge in [-0.15, -0.1) is 0 Å². The number of nitrogens with one attached hydrogen (secondary N) is 3. The minimum Gasteiger partial charge on any atom is -0.492 e. The molecule has 0 unspecified atom stereocenters. The van der Waals surface area contributed by atoms with Crippen molar-refractivity contribution in [3.05, 3.63) is 84.2 Å². The summed E-state index contributed by atoms with van der Waals surface area (Å²) < 4.78 is 5.71. The maximum absolute atomic E-state index is 12.3. The van der Waals surface area contributed by atoms with Crippen LogP contribution >= 0.6 is 0 Å². The summed E-state index contributed by atoms with van der Waals surface area (Å²) in [7, 11) is 0. The third-order valence-electron chi connectivity index (χ3n) is 4.14. The quantitative estimate of drug-likeness (QED) is 0.475. The van der Waals surface area contributed by atoms with Crippen LogP contribution in [0.5, 0.6) is 5.75 Å². The Hall–Kier alpha value is -3.87. The van der Waals surface area contributed by atoms with Gasteiger partial charge >= 0.3 is 0 Å². The largest absolute Gasteiger partial charge is 0.492 e. The van der Waals surface area contributed by atoms with Gasteiger partial charge in [-0.25, -0.2) is 0 Å². The lowest BCUT2D eigenvalue weighted by atomic mass is 10.2. The summed E-state index contributed by atoms with van der Waals surface area (Å²) in [5, 5.41) is 8.80. The Kier molecular flexibility index (Phi) is 7.38. The van der Waals surface area contributed by atoms with Crippen LogP contribution < -0.4 is 20.7 Å². The molecule has 0 aliphatic rings. The lowest BCUT2D eigenvalue weighted by Gasteiger charge is -2.11. The third kappa shape index (κ3) is 6.63. The summed E-state index contributed by atoms with van der Waals surface area (Å²) in [5.41, 5.74) is 2.85. The molecule has 1 heterocycles. The number of ether oxygens (including phenoxy) is 1. The zero-order valence-electron chi connectivity index (χ0n) is 16.7. The van der Waals surface area contributed by atoms with Gasteiger partial charge in [0, 0.05) is 43.7 Å². The van der Waals surface area contributed by atoms with Gasteiger partial charge in [-0.1, -0.05) is 36.4 Å². The predicted molar refractivity (Wildman–Crippen MR) is 117 cm³/mol. The maximum atomic E-state index is 12.3. The molecule has 3 rings (SSSR count). The van der Waals surface area contributed by atoms with E-state index < -0.39 is 0 Å². The molecule has 0 saturated carbocycles. The number of hydrogen-bond donors (Lipinski definition) is 3. The van der Waals surface area contributed by atoms with Crippen LogP contribution in [0.15, 0.2) is 72.9 Å². The number of benzene rings is 2. The van der Waals surface area contributed by atoms with Crippen molar-refractivity contribution in [2.24, 2.45) is 0 Å². The smallest absolute Gasteiger partial charge is 0.270 e. The van der Waals surface area contributed by atoms with Gasteiger partial charge in [0.05, 0.1) is 0 Å². The molecule has 3 N–H and O–H groups in total. The van der Waals surface area contributed by atoms with Crippen LogP contribution in [0, 0.1) is 0 Å². The second-order valence-electron chi connectivity index (χ2n) is 6.58. The first kappa shape index (κ1) is 20.9. The molecule has 154 valence electrons. The highest BCUT2D eigenvalue weighted by Gasteiger charge is 2.08. The van der Waals surface area contributed by atoms with Crippen molar-refractivity contribution in [2.45, 2.75) is 13.5 Å². The summed E-state index contributed by atoms with van der Waals surface area (Å²) >= 11 is 0. The second kappa shape index (κ2) is 10.6. The zero-order chi connectivity index (χ0) is 21.2. The van der Waals surface area contributed by atoms with Crippen molar-refractivity contribution in [3.63, 3.8) is 0 Å². The molecule has 0 radical (unpaired) electrons. The number of aromatic nitrogens is 1. The SMILES string of the molecule is CC(=O)Nc1cccc(OCCNc2ccnc(C(=O)NCc3ccccc3)c2)c1. The van der Waals surface area contributed by atoms with Crippen molar-refractivity contribution in [1.82, 2.24) is 10.3 Å². The Bertz CT molecular complexity index is 993. The minimum absolute atomic E-state index is 0.130. The van der Waals surface area contributed by atoms with Gasteiger partial charge in [0.2, 0.25) is 5.91 Å². The Morgan fingerprint density at radius 1 is 0.967 bits per heavy atom. The fourth-order valence-electron chi connectivity index (χ4n) is 2.76. The average Bonchev–Trinajstić information content (AvgIpc) is 2.76. The topological polar surface area (TPSA) is 92.3 Å². The van der Waals surface area contributed by atoms with E-state index in [1.165, 1.54) is 6.92 Å². The molecule has 0 aliphatic carbocycles. The lowest BCUT2D eigenvalue weighted by Crippen LogP contribution is -2.24. The molecular weight excluding hydrogens is 380 g/mol. The van der Waals surface area contributed by atoms with E-state index in [0.717, 1.165) is 11.3 Å². The highest BCUT2D eigenvalue weighted by Crippen LogP contribution is 2.17. The van der Waals surface area contributed by atoms with Crippen molar-refractivity contribution < 1.29 is 14.3 Å². The Labute approximate surface area is 175 Å². The number of rotatable bonds is 9. The van der Waals surface area contributed by atoms with Crippen LogP contribution in [0.1, 0.15) is 23.0 Å². The molecule has 0 spiro atoms. The van der Waals surface area contributed by atoms with Crippen molar-refractivity contribution in [3.8, 4) is 5.75 Å². The van der Waals surface area contributed by atoms with Crippen LogP contribution in [-0.4, -0.2) is 29.9 Å². The first-order chi connectivity index (χ1) is 14.6. The fourth-order valence-corrected chi connectivity index (χ4v) is 2.76. The summed E-state index contributed by atoms with van der Waals surface area (Å²) in [6, 6.07) is 20.4. The molecule has 0 atom stereocenters. The van der Waals surface area contributed by atoms with E-state index in [9.17, 15) is 9.59 Å². The Morgan fingerprint density at radius 3 is 2.60 bits per heavy atom. The zero-order valence-corrected chi connectivity index (χ0v) is 16.7. The maximum Gasteiger partial charge on any atom is 0.270 e. The fraction of sp³-hybridized carbons (Fsp3) is 0.174. The van der Waals surface area contributed by atoms with E-state index in [1.54, 1.807) is 30.5 Å². The number of carbonyl (C=O) groups excluding carboxylic acids is 2. The highest BCUT2D eigenvalue weighted by molar-refractivity contribution is 5.93. The monoisotopic (exact) mass is 404 g/mol. The van der Waals surface area contributed by atoms with Gasteiger partial charge in [-0.3, -0.25) is 14.6 Å². The van der Waals surface area contributed by atoms with Gasteiger partial charge in [0.15, 0.2) is 0 Å². The van der Waals surface area contributed by atoms with Gasteiger partial charge in [0.1, 0.15) is 18.1 Å². The molecule has 2 aromatic carbocycles. The van der Waals surface area contributed by atoms with E-state index in [-0.39, 0.29) is 11.8 Å². The average molecular weight is 404 g/mol. The Morgan fingerprint density at radius 2 is 1.80 bits per heavy atom. The van der Waals surface area contributed by atoms with Gasteiger partial charge in [-0.2, -0.15) is 0 Å². The standard InChI is InChI=1S/C23H24N4O3/c1-17(28)27-20-8-5-9-21(14-20)30-13-12-24-19-10-11-25-22(15-19)23(29)26-16-18-6-3-2-4-7-18/h2-11,14-15H,12-13,16H2,1H3,(H,24,25)(H,26,29)(H,27,28). The molecule has 7 heteroatoms. The van der Waals surface area contributed by atoms with Crippen molar-refractivity contribution in [2.75, 3.05) is 23.8 Å². The molecule has 0 fully saturated rings. The van der Waals surface area contributed by atoms with Gasteiger partial charge in [0.25, 0.3) is 5.91 Å². The molecule has 0 saturated heterocycles. The molecule has 1 aromatic heterocycles. The van der Waals surface area contributed by atoms with Crippen LogP contribution in [0.2, 0.25) is 0 Å². The van der Waals surface area contributed by atoms with E-state index >= 15 is 0 Å². The Balaban J connectivity index is 1.46. The van der Waals surface area contributed by atoms with Crippen molar-refractivity contribution in [1.29, 1.82) is 0 Å². The minimum atomic E-state index is -0.228. The van der Waals surface area contributed by atoms with E-state index in [4.69, 9.17) is 4.74 Å². The number of pyridine rings is 1. The molecule has 3 aromatic rings. The number of anilines is 2. The molecule has 2 amide bonds. The number of carbonyl (C=O) groups is 2. The summed E-state index contributed by atoms with van der Waals surface area (Å²) in [4.78, 5) is 27.6. The third-order valence-corrected chi connectivity index (χ3v) is 4.14. The summed E-state index contributed by atoms with van der Waals surface area (Å²) in [6.45, 7) is 2.87. The van der Waals surface area contributed by atoms with E-state index in [1.807, 2.05) is 42.5 Å². The molecular formula is C23H24N4O3. The van der Waals surface area contributed by atoms with Crippen LogP contribution in [0.4, 0.5) is 11.4 Å². The number of hydrogen-bond acceptors (Lipinski definition) is 5. The molecule has 0 aliphatic heterocycles. The van der Waals surface area contributed by atoms with Gasteiger partial charge < -0.3 is 20.7 Å².